The number of ether oxygens (including phenoxy) is 1. The summed E-state index contributed by atoms with van der Waals surface area (Å²) in [6.07, 6.45) is -4.48. The molecular weight excluding hydrogens is 451 g/mol. The summed E-state index contributed by atoms with van der Waals surface area (Å²) in [4.78, 5) is 39.0. The van der Waals surface area contributed by atoms with Crippen LogP contribution in [0.15, 0.2) is 59.8 Å². The third kappa shape index (κ3) is 5.22. The van der Waals surface area contributed by atoms with Gasteiger partial charge >= 0.3 is 18.2 Å². The third-order valence-electron chi connectivity index (χ3n) is 5.38. The number of nitrogens with zero attached hydrogens (tertiary/aromatic N) is 1. The van der Waals surface area contributed by atoms with Crippen molar-refractivity contribution in [2.24, 2.45) is 0 Å². The lowest BCUT2D eigenvalue weighted by atomic mass is 9.94. The Morgan fingerprint density at radius 1 is 1.06 bits per heavy atom. The first kappa shape index (κ1) is 24.8. The predicted molar refractivity (Wildman–Crippen MR) is 119 cm³/mol. The Morgan fingerprint density at radius 2 is 1.68 bits per heavy atom. The SMILES string of the molecule is CCOC(=O)C1=C(C)N(CC)C(=O)NC1c1ccc(NC(=O)c2ccc(C(F)(F)F)cc2)cc1. The summed E-state index contributed by atoms with van der Waals surface area (Å²) < 4.78 is 43.3. The molecule has 0 aliphatic carbocycles. The van der Waals surface area contributed by atoms with Gasteiger partial charge in [-0.15, -0.1) is 0 Å². The largest absolute Gasteiger partial charge is 0.463 e. The molecule has 2 aromatic carbocycles. The first-order chi connectivity index (χ1) is 16.1. The molecule has 0 aromatic heterocycles. The Kier molecular flexibility index (Phi) is 7.29. The van der Waals surface area contributed by atoms with Crippen molar-refractivity contribution in [2.75, 3.05) is 18.5 Å². The lowest BCUT2D eigenvalue weighted by molar-refractivity contribution is -0.139. The second-order valence-corrected chi connectivity index (χ2v) is 7.50. The number of allylic oxidation sites excluding steroid dienone is 1. The molecule has 1 aliphatic heterocycles. The summed E-state index contributed by atoms with van der Waals surface area (Å²) in [5, 5.41) is 5.42. The van der Waals surface area contributed by atoms with Gasteiger partial charge in [0.15, 0.2) is 0 Å². The number of alkyl halides is 3. The maximum atomic E-state index is 12.7. The lowest BCUT2D eigenvalue weighted by Crippen LogP contribution is -2.47. The van der Waals surface area contributed by atoms with Crippen LogP contribution < -0.4 is 10.6 Å². The standard InChI is InChI=1S/C24H24F3N3O4/c1-4-30-14(3)19(22(32)34-5-2)20(29-23(30)33)15-8-12-18(13-9-15)28-21(31)16-6-10-17(11-7-16)24(25,26)27/h6-13,20H,4-5H2,1-3H3,(H,28,31)(H,29,33). The van der Waals surface area contributed by atoms with Crippen molar-refractivity contribution in [2.45, 2.75) is 33.0 Å². The van der Waals surface area contributed by atoms with E-state index >= 15 is 0 Å². The zero-order chi connectivity index (χ0) is 25.0. The molecule has 1 aliphatic rings. The monoisotopic (exact) mass is 475 g/mol. The van der Waals surface area contributed by atoms with Crippen molar-refractivity contribution < 1.29 is 32.3 Å². The highest BCUT2D eigenvalue weighted by atomic mass is 19.4. The second kappa shape index (κ2) is 9.98. The Bertz CT molecular complexity index is 1110. The normalized spacial score (nSPS) is 16.2. The molecule has 0 bridgehead atoms. The molecule has 34 heavy (non-hydrogen) atoms. The number of halogens is 3. The number of benzene rings is 2. The van der Waals surface area contributed by atoms with Gasteiger partial charge in [0.25, 0.3) is 5.91 Å². The van der Waals surface area contributed by atoms with Crippen molar-refractivity contribution in [3.63, 3.8) is 0 Å². The number of rotatable bonds is 6. The molecule has 0 spiro atoms. The predicted octanol–water partition coefficient (Wildman–Crippen LogP) is 4.88. The van der Waals surface area contributed by atoms with Gasteiger partial charge in [0.05, 0.1) is 23.8 Å². The Morgan fingerprint density at radius 3 is 2.21 bits per heavy atom. The molecule has 1 heterocycles. The minimum Gasteiger partial charge on any atom is -0.463 e. The van der Waals surface area contributed by atoms with Gasteiger partial charge in [0.1, 0.15) is 0 Å². The summed E-state index contributed by atoms with van der Waals surface area (Å²) in [6.45, 7) is 5.72. The number of carbonyl (C=O) groups is 3. The third-order valence-corrected chi connectivity index (χ3v) is 5.38. The maximum absolute atomic E-state index is 12.7. The Labute approximate surface area is 194 Å². The van der Waals surface area contributed by atoms with Crippen LogP contribution in [-0.4, -0.2) is 36.0 Å². The molecule has 0 saturated heterocycles. The van der Waals surface area contributed by atoms with Crippen LogP contribution in [0, 0.1) is 0 Å². The fourth-order valence-electron chi connectivity index (χ4n) is 3.66. The number of amides is 3. The molecule has 10 heteroatoms. The van der Waals surface area contributed by atoms with Crippen molar-refractivity contribution in [1.82, 2.24) is 10.2 Å². The Hall–Kier alpha value is -3.82. The maximum Gasteiger partial charge on any atom is 0.416 e. The molecular formula is C24H24F3N3O4. The number of hydrogen-bond donors (Lipinski definition) is 2. The molecule has 0 saturated carbocycles. The van der Waals surface area contributed by atoms with Gasteiger partial charge in [-0.05, 0) is 62.7 Å². The highest BCUT2D eigenvalue weighted by Gasteiger charge is 2.35. The number of urea groups is 1. The van der Waals surface area contributed by atoms with Gasteiger partial charge in [-0.2, -0.15) is 13.2 Å². The van der Waals surface area contributed by atoms with E-state index in [1.165, 1.54) is 4.90 Å². The zero-order valence-electron chi connectivity index (χ0n) is 18.8. The number of anilines is 1. The molecule has 0 fully saturated rings. The second-order valence-electron chi connectivity index (χ2n) is 7.50. The van der Waals surface area contributed by atoms with Gasteiger partial charge < -0.3 is 15.4 Å². The molecule has 7 nitrogen and oxygen atoms in total. The van der Waals surface area contributed by atoms with Gasteiger partial charge in [-0.1, -0.05) is 12.1 Å². The first-order valence-corrected chi connectivity index (χ1v) is 10.6. The van der Waals surface area contributed by atoms with E-state index in [0.29, 0.717) is 29.1 Å². The summed E-state index contributed by atoms with van der Waals surface area (Å²) in [5.41, 5.74) is 1.02. The van der Waals surface area contributed by atoms with E-state index in [1.807, 2.05) is 0 Å². The lowest BCUT2D eigenvalue weighted by Gasteiger charge is -2.34. The molecule has 180 valence electrons. The van der Waals surface area contributed by atoms with Crippen LogP contribution in [0.2, 0.25) is 0 Å². The van der Waals surface area contributed by atoms with Crippen molar-refractivity contribution >= 4 is 23.6 Å². The molecule has 0 radical (unpaired) electrons. The van der Waals surface area contributed by atoms with E-state index in [4.69, 9.17) is 4.74 Å². The van der Waals surface area contributed by atoms with Gasteiger partial charge in [-0.25, -0.2) is 9.59 Å². The van der Waals surface area contributed by atoms with Gasteiger partial charge in [0, 0.05) is 23.5 Å². The van der Waals surface area contributed by atoms with Crippen molar-refractivity contribution in [3.8, 4) is 0 Å². The molecule has 3 amide bonds. The average Bonchev–Trinajstić information content (AvgIpc) is 2.79. The van der Waals surface area contributed by atoms with Crippen molar-refractivity contribution in [3.05, 3.63) is 76.5 Å². The number of esters is 1. The minimum absolute atomic E-state index is 0.0689. The number of nitrogens with one attached hydrogen (secondary N) is 2. The summed E-state index contributed by atoms with van der Waals surface area (Å²) >= 11 is 0. The minimum atomic E-state index is -4.48. The molecule has 2 N–H and O–H groups in total. The number of carbonyl (C=O) groups excluding carboxylic acids is 3. The van der Waals surface area contributed by atoms with E-state index in [9.17, 15) is 27.6 Å². The fourth-order valence-corrected chi connectivity index (χ4v) is 3.66. The van der Waals surface area contributed by atoms with Crippen molar-refractivity contribution in [1.29, 1.82) is 0 Å². The molecule has 1 unspecified atom stereocenters. The molecule has 3 rings (SSSR count). The van der Waals surface area contributed by atoms with Crippen LogP contribution in [0.3, 0.4) is 0 Å². The highest BCUT2D eigenvalue weighted by Crippen LogP contribution is 2.32. The Balaban J connectivity index is 1.81. The molecule has 2 aromatic rings. The van der Waals surface area contributed by atoms with Gasteiger partial charge in [0.2, 0.25) is 0 Å². The van der Waals surface area contributed by atoms with Crippen LogP contribution in [-0.2, 0) is 15.7 Å². The zero-order valence-corrected chi connectivity index (χ0v) is 18.8. The average molecular weight is 475 g/mol. The number of hydrogen-bond acceptors (Lipinski definition) is 4. The van der Waals surface area contributed by atoms with Crippen LogP contribution >= 0.6 is 0 Å². The quantitative estimate of drug-likeness (QED) is 0.583. The summed E-state index contributed by atoms with van der Waals surface area (Å²) in [5.74, 6) is -1.11. The summed E-state index contributed by atoms with van der Waals surface area (Å²) in [7, 11) is 0. The van der Waals surface area contributed by atoms with Crippen LogP contribution in [0.4, 0.5) is 23.7 Å². The van der Waals surface area contributed by atoms with E-state index in [1.54, 1.807) is 45.0 Å². The van der Waals surface area contributed by atoms with E-state index in [2.05, 4.69) is 10.6 Å². The van der Waals surface area contributed by atoms with Crippen LogP contribution in [0.1, 0.15) is 48.3 Å². The first-order valence-electron chi connectivity index (χ1n) is 10.6. The molecule has 1 atom stereocenters. The highest BCUT2D eigenvalue weighted by molar-refractivity contribution is 6.04. The van der Waals surface area contributed by atoms with Crippen LogP contribution in [0.25, 0.3) is 0 Å². The van der Waals surface area contributed by atoms with E-state index < -0.39 is 29.7 Å². The summed E-state index contributed by atoms with van der Waals surface area (Å²) in [6, 6.07) is 9.23. The topological polar surface area (TPSA) is 87.7 Å². The van der Waals surface area contributed by atoms with E-state index in [0.717, 1.165) is 24.3 Å². The van der Waals surface area contributed by atoms with Gasteiger partial charge in [-0.3, -0.25) is 9.69 Å². The van der Waals surface area contributed by atoms with Crippen LogP contribution in [0.5, 0.6) is 0 Å². The smallest absolute Gasteiger partial charge is 0.416 e. The van der Waals surface area contributed by atoms with E-state index in [-0.39, 0.29) is 18.2 Å². The fraction of sp³-hybridized carbons (Fsp3) is 0.292.